The van der Waals surface area contributed by atoms with Gasteiger partial charge in [0, 0.05) is 23.9 Å². The van der Waals surface area contributed by atoms with Gasteiger partial charge in [-0.15, -0.1) is 11.3 Å². The highest BCUT2D eigenvalue weighted by molar-refractivity contribution is 7.09. The Labute approximate surface area is 131 Å². The van der Waals surface area contributed by atoms with Gasteiger partial charge in [0.15, 0.2) is 0 Å². The fourth-order valence-electron chi connectivity index (χ4n) is 2.60. The van der Waals surface area contributed by atoms with Crippen molar-refractivity contribution >= 4 is 17.3 Å². The van der Waals surface area contributed by atoms with Crippen LogP contribution in [-0.4, -0.2) is 35.5 Å². The summed E-state index contributed by atoms with van der Waals surface area (Å²) < 4.78 is 5.15. The Morgan fingerprint density at radius 2 is 2.29 bits per heavy atom. The average molecular weight is 310 g/mol. The van der Waals surface area contributed by atoms with E-state index in [1.807, 2.05) is 6.92 Å². The van der Waals surface area contributed by atoms with E-state index in [-0.39, 0.29) is 17.3 Å². The van der Waals surface area contributed by atoms with E-state index < -0.39 is 0 Å². The molecule has 0 unspecified atom stereocenters. The molecule has 1 fully saturated rings. The highest BCUT2D eigenvalue weighted by Crippen LogP contribution is 2.27. The number of carbonyl (C=O) groups is 1. The van der Waals surface area contributed by atoms with Gasteiger partial charge < -0.3 is 4.74 Å². The molecule has 0 aromatic carbocycles. The summed E-state index contributed by atoms with van der Waals surface area (Å²) in [5.41, 5.74) is 1.23. The van der Waals surface area contributed by atoms with Crippen molar-refractivity contribution in [3.63, 3.8) is 0 Å². The van der Waals surface area contributed by atoms with E-state index in [0.717, 1.165) is 38.2 Å². The summed E-state index contributed by atoms with van der Waals surface area (Å²) in [5, 5.41) is 3.32. The maximum absolute atomic E-state index is 11.9. The number of esters is 1. The molecule has 1 aromatic heterocycles. The van der Waals surface area contributed by atoms with Crippen LogP contribution in [0.15, 0.2) is 5.38 Å². The fraction of sp³-hybridized carbons (Fsp3) is 0.750. The highest BCUT2D eigenvalue weighted by Gasteiger charge is 2.27. The van der Waals surface area contributed by atoms with Gasteiger partial charge in [0.25, 0.3) is 0 Å². The van der Waals surface area contributed by atoms with E-state index in [9.17, 15) is 4.79 Å². The minimum Gasteiger partial charge on any atom is -0.466 e. The lowest BCUT2D eigenvalue weighted by molar-refractivity contribution is -0.150. The maximum atomic E-state index is 11.9. The van der Waals surface area contributed by atoms with Crippen molar-refractivity contribution in [2.45, 2.75) is 52.5 Å². The summed E-state index contributed by atoms with van der Waals surface area (Å²) in [6, 6.07) is 0. The molecule has 0 aliphatic carbocycles. The molecule has 0 bridgehead atoms. The smallest absolute Gasteiger partial charge is 0.310 e. The molecular weight excluding hydrogens is 284 g/mol. The molecule has 0 amide bonds. The van der Waals surface area contributed by atoms with Crippen LogP contribution in [0.25, 0.3) is 0 Å². The van der Waals surface area contributed by atoms with Gasteiger partial charge in [0.05, 0.1) is 23.2 Å². The van der Waals surface area contributed by atoms with Gasteiger partial charge in [-0.1, -0.05) is 20.8 Å². The van der Waals surface area contributed by atoms with Crippen molar-refractivity contribution in [1.29, 1.82) is 0 Å². The number of hydrogen-bond acceptors (Lipinski definition) is 5. The lowest BCUT2D eigenvalue weighted by Crippen LogP contribution is -2.39. The molecule has 5 heteroatoms. The van der Waals surface area contributed by atoms with Crippen molar-refractivity contribution in [1.82, 2.24) is 9.88 Å². The standard InChI is InChI=1S/C16H26N2O2S/c1-5-20-14(19)12-7-6-8-18(9-12)10-13-11-21-15(17-13)16(2,3)4/h11-12H,5-10H2,1-4H3/t12-/m0/s1. The summed E-state index contributed by atoms with van der Waals surface area (Å²) in [6.45, 7) is 11.6. The first kappa shape index (κ1) is 16.4. The lowest BCUT2D eigenvalue weighted by atomic mass is 9.98. The molecule has 0 radical (unpaired) electrons. The van der Waals surface area contributed by atoms with Gasteiger partial charge in [-0.3, -0.25) is 9.69 Å². The van der Waals surface area contributed by atoms with Gasteiger partial charge in [-0.05, 0) is 26.3 Å². The van der Waals surface area contributed by atoms with Crippen LogP contribution in [0, 0.1) is 5.92 Å². The van der Waals surface area contributed by atoms with E-state index in [0.29, 0.717) is 6.61 Å². The van der Waals surface area contributed by atoms with Crippen molar-refractivity contribution < 1.29 is 9.53 Å². The minimum absolute atomic E-state index is 0.0272. The van der Waals surface area contributed by atoms with Crippen LogP contribution in [0.1, 0.15) is 51.2 Å². The fourth-order valence-corrected chi connectivity index (χ4v) is 3.50. The average Bonchev–Trinajstić information content (AvgIpc) is 2.88. The van der Waals surface area contributed by atoms with Crippen LogP contribution in [-0.2, 0) is 21.5 Å². The Bertz CT molecular complexity index is 479. The predicted octanol–water partition coefficient (Wildman–Crippen LogP) is 3.22. The van der Waals surface area contributed by atoms with Crippen molar-refractivity contribution in [3.05, 3.63) is 16.1 Å². The quantitative estimate of drug-likeness (QED) is 0.801. The van der Waals surface area contributed by atoms with Gasteiger partial charge in [-0.2, -0.15) is 0 Å². The topological polar surface area (TPSA) is 42.4 Å². The first-order chi connectivity index (χ1) is 9.90. The van der Waals surface area contributed by atoms with Crippen LogP contribution in [0.5, 0.6) is 0 Å². The van der Waals surface area contributed by atoms with E-state index in [1.165, 1.54) is 5.01 Å². The van der Waals surface area contributed by atoms with Crippen LogP contribution in [0.4, 0.5) is 0 Å². The third kappa shape index (κ3) is 4.51. The molecule has 1 aliphatic rings. The number of piperidine rings is 1. The van der Waals surface area contributed by atoms with E-state index >= 15 is 0 Å². The van der Waals surface area contributed by atoms with Crippen molar-refractivity contribution in [2.24, 2.45) is 5.92 Å². The number of hydrogen-bond donors (Lipinski definition) is 0. The second-order valence-electron chi connectivity index (χ2n) is 6.72. The second-order valence-corrected chi connectivity index (χ2v) is 7.58. The largest absolute Gasteiger partial charge is 0.466 e. The van der Waals surface area contributed by atoms with Crippen LogP contribution in [0.3, 0.4) is 0 Å². The first-order valence-corrected chi connectivity index (χ1v) is 8.62. The number of ether oxygens (including phenoxy) is 1. The van der Waals surface area contributed by atoms with Gasteiger partial charge in [-0.25, -0.2) is 4.98 Å². The second kappa shape index (κ2) is 6.88. The zero-order valence-electron chi connectivity index (χ0n) is 13.5. The third-order valence-electron chi connectivity index (χ3n) is 3.70. The Hall–Kier alpha value is -0.940. The molecule has 0 N–H and O–H groups in total. The van der Waals surface area contributed by atoms with Crippen LogP contribution >= 0.6 is 11.3 Å². The molecule has 21 heavy (non-hydrogen) atoms. The SMILES string of the molecule is CCOC(=O)[C@H]1CCCN(Cc2csc(C(C)(C)C)n2)C1. The number of aromatic nitrogens is 1. The zero-order valence-corrected chi connectivity index (χ0v) is 14.3. The summed E-state index contributed by atoms with van der Waals surface area (Å²) in [5.74, 6) is -0.0183. The summed E-state index contributed by atoms with van der Waals surface area (Å²) in [7, 11) is 0. The Balaban J connectivity index is 1.93. The van der Waals surface area contributed by atoms with Crippen molar-refractivity contribution in [3.8, 4) is 0 Å². The zero-order chi connectivity index (χ0) is 15.5. The van der Waals surface area contributed by atoms with E-state index in [1.54, 1.807) is 11.3 Å². The van der Waals surface area contributed by atoms with E-state index in [2.05, 4.69) is 31.1 Å². The van der Waals surface area contributed by atoms with Gasteiger partial charge in [0.2, 0.25) is 0 Å². The van der Waals surface area contributed by atoms with Crippen molar-refractivity contribution in [2.75, 3.05) is 19.7 Å². The Kier molecular flexibility index (Phi) is 5.38. The summed E-state index contributed by atoms with van der Waals surface area (Å²) >= 11 is 1.73. The molecule has 4 nitrogen and oxygen atoms in total. The molecular formula is C16H26N2O2S. The molecule has 1 saturated heterocycles. The Morgan fingerprint density at radius 1 is 1.52 bits per heavy atom. The molecule has 1 aromatic rings. The van der Waals surface area contributed by atoms with Crippen LogP contribution in [0.2, 0.25) is 0 Å². The molecule has 0 spiro atoms. The highest BCUT2D eigenvalue weighted by atomic mass is 32.1. The Morgan fingerprint density at radius 3 is 2.90 bits per heavy atom. The van der Waals surface area contributed by atoms with Gasteiger partial charge >= 0.3 is 5.97 Å². The summed E-state index contributed by atoms with van der Waals surface area (Å²) in [6.07, 6.45) is 2.00. The molecule has 2 heterocycles. The van der Waals surface area contributed by atoms with E-state index in [4.69, 9.17) is 9.72 Å². The number of thiazole rings is 1. The first-order valence-electron chi connectivity index (χ1n) is 7.74. The summed E-state index contributed by atoms with van der Waals surface area (Å²) in [4.78, 5) is 18.9. The molecule has 118 valence electrons. The minimum atomic E-state index is -0.0455. The number of nitrogens with zero attached hydrogens (tertiary/aromatic N) is 2. The van der Waals surface area contributed by atoms with Gasteiger partial charge in [0.1, 0.15) is 0 Å². The number of likely N-dealkylation sites (tertiary alicyclic amines) is 1. The molecule has 1 aliphatic heterocycles. The number of carbonyl (C=O) groups excluding carboxylic acids is 1. The third-order valence-corrected chi connectivity index (χ3v) is 5.02. The predicted molar refractivity (Wildman–Crippen MR) is 85.4 cm³/mol. The number of rotatable bonds is 4. The lowest BCUT2D eigenvalue weighted by Gasteiger charge is -2.30. The van der Waals surface area contributed by atoms with Crippen LogP contribution < -0.4 is 0 Å². The maximum Gasteiger partial charge on any atom is 0.310 e. The molecule has 1 atom stereocenters. The molecule has 0 saturated carbocycles. The normalized spacial score (nSPS) is 20.5. The molecule has 2 rings (SSSR count). The monoisotopic (exact) mass is 310 g/mol.